The van der Waals surface area contributed by atoms with Crippen LogP contribution in [0.4, 0.5) is 4.39 Å². The zero-order chi connectivity index (χ0) is 19.1. The lowest BCUT2D eigenvalue weighted by Crippen LogP contribution is -2.28. The molecule has 0 bridgehead atoms. The van der Waals surface area contributed by atoms with E-state index in [-0.39, 0.29) is 23.5 Å². The predicted molar refractivity (Wildman–Crippen MR) is 104 cm³/mol. The van der Waals surface area contributed by atoms with Gasteiger partial charge in [-0.15, -0.1) is 11.8 Å². The fourth-order valence-electron chi connectivity index (χ4n) is 2.40. The van der Waals surface area contributed by atoms with Crippen molar-refractivity contribution in [2.75, 3.05) is 20.0 Å². The Hall–Kier alpha value is -1.92. The molecule has 0 aliphatic heterocycles. The lowest BCUT2D eigenvalue weighted by molar-refractivity contribution is -0.119. The molecule has 2 aromatic carbocycles. The minimum absolute atomic E-state index is 0.134. The molecule has 0 saturated heterocycles. The standard InChI is InChI=1S/C19H21ClFNO3S/c1-12(13-7-8-17(24-2)18(9-13)25-3)22-19(23)11-26-10-14-15(20)5-4-6-16(14)21/h4-9,12H,10-11H2,1-3H3,(H,22,23)/t12-/m0/s1. The molecule has 0 fully saturated rings. The average Bonchev–Trinajstić information content (AvgIpc) is 2.63. The Morgan fingerprint density at radius 1 is 1.23 bits per heavy atom. The first-order valence-corrected chi connectivity index (χ1v) is 9.51. The molecule has 1 amide bonds. The quantitative estimate of drug-likeness (QED) is 0.706. The van der Waals surface area contributed by atoms with E-state index < -0.39 is 0 Å². The molecule has 0 aromatic heterocycles. The Morgan fingerprint density at radius 2 is 1.96 bits per heavy atom. The van der Waals surface area contributed by atoms with Gasteiger partial charge in [0.25, 0.3) is 0 Å². The van der Waals surface area contributed by atoms with Crippen molar-refractivity contribution in [1.82, 2.24) is 5.32 Å². The second kappa shape index (κ2) is 9.69. The highest BCUT2D eigenvalue weighted by atomic mass is 35.5. The van der Waals surface area contributed by atoms with E-state index in [1.807, 2.05) is 19.1 Å². The van der Waals surface area contributed by atoms with E-state index in [9.17, 15) is 9.18 Å². The maximum Gasteiger partial charge on any atom is 0.230 e. The van der Waals surface area contributed by atoms with Crippen LogP contribution in [0.1, 0.15) is 24.1 Å². The number of methoxy groups -OCH3 is 2. The summed E-state index contributed by atoms with van der Waals surface area (Å²) in [7, 11) is 3.14. The van der Waals surface area contributed by atoms with Crippen molar-refractivity contribution in [2.45, 2.75) is 18.7 Å². The van der Waals surface area contributed by atoms with Gasteiger partial charge >= 0.3 is 0 Å². The van der Waals surface area contributed by atoms with E-state index in [1.165, 1.54) is 17.8 Å². The molecule has 0 aliphatic rings. The molecule has 1 N–H and O–H groups in total. The van der Waals surface area contributed by atoms with Gasteiger partial charge in [0.15, 0.2) is 11.5 Å². The van der Waals surface area contributed by atoms with Gasteiger partial charge in [0.2, 0.25) is 5.91 Å². The number of hydrogen-bond acceptors (Lipinski definition) is 4. The molecule has 4 nitrogen and oxygen atoms in total. The molecule has 2 aromatic rings. The maximum atomic E-state index is 13.7. The van der Waals surface area contributed by atoms with Crippen molar-refractivity contribution in [1.29, 1.82) is 0 Å². The highest BCUT2D eigenvalue weighted by Gasteiger charge is 2.14. The fraction of sp³-hybridized carbons (Fsp3) is 0.316. The van der Waals surface area contributed by atoms with Gasteiger partial charge in [-0.2, -0.15) is 0 Å². The summed E-state index contributed by atoms with van der Waals surface area (Å²) in [6.45, 7) is 1.89. The van der Waals surface area contributed by atoms with Crippen molar-refractivity contribution in [3.63, 3.8) is 0 Å². The first-order valence-electron chi connectivity index (χ1n) is 7.98. The van der Waals surface area contributed by atoms with E-state index in [1.54, 1.807) is 32.4 Å². The second-order valence-electron chi connectivity index (χ2n) is 5.60. The van der Waals surface area contributed by atoms with E-state index in [0.717, 1.165) is 5.56 Å². The first kappa shape index (κ1) is 20.4. The van der Waals surface area contributed by atoms with Gasteiger partial charge in [0.1, 0.15) is 5.82 Å². The second-order valence-corrected chi connectivity index (χ2v) is 6.99. The third kappa shape index (κ3) is 5.29. The monoisotopic (exact) mass is 397 g/mol. The molecule has 7 heteroatoms. The molecular weight excluding hydrogens is 377 g/mol. The number of rotatable bonds is 8. The topological polar surface area (TPSA) is 47.6 Å². The van der Waals surface area contributed by atoms with E-state index in [0.29, 0.717) is 27.8 Å². The molecule has 1 atom stereocenters. The third-order valence-corrected chi connectivity index (χ3v) is 5.14. The number of amides is 1. The number of carbonyl (C=O) groups is 1. The molecule has 2 rings (SSSR count). The van der Waals surface area contributed by atoms with Gasteiger partial charge in [-0.05, 0) is 36.8 Å². The molecule has 0 aliphatic carbocycles. The van der Waals surface area contributed by atoms with Crippen molar-refractivity contribution in [3.8, 4) is 11.5 Å². The molecule has 140 valence electrons. The van der Waals surface area contributed by atoms with Gasteiger partial charge < -0.3 is 14.8 Å². The number of thioether (sulfide) groups is 1. The van der Waals surface area contributed by atoms with Crippen LogP contribution in [0.15, 0.2) is 36.4 Å². The lowest BCUT2D eigenvalue weighted by Gasteiger charge is -2.16. The minimum Gasteiger partial charge on any atom is -0.493 e. The number of halogens is 2. The average molecular weight is 398 g/mol. The van der Waals surface area contributed by atoms with E-state index in [4.69, 9.17) is 21.1 Å². The summed E-state index contributed by atoms with van der Waals surface area (Å²) in [5, 5.41) is 3.29. The van der Waals surface area contributed by atoms with Crippen LogP contribution in [-0.2, 0) is 10.5 Å². The Bertz CT molecular complexity index is 752. The number of nitrogens with one attached hydrogen (secondary N) is 1. The summed E-state index contributed by atoms with van der Waals surface area (Å²) < 4.78 is 24.2. The smallest absolute Gasteiger partial charge is 0.230 e. The molecule has 0 radical (unpaired) electrons. The summed E-state index contributed by atoms with van der Waals surface area (Å²) in [6, 6.07) is 9.87. The summed E-state index contributed by atoms with van der Waals surface area (Å²) >= 11 is 7.30. The van der Waals surface area contributed by atoms with Crippen LogP contribution < -0.4 is 14.8 Å². The number of ether oxygens (including phenoxy) is 2. The zero-order valence-electron chi connectivity index (χ0n) is 14.8. The predicted octanol–water partition coefficient (Wildman–Crippen LogP) is 4.61. The summed E-state index contributed by atoms with van der Waals surface area (Å²) in [5.74, 6) is 1.29. The van der Waals surface area contributed by atoms with Crippen LogP contribution in [0.3, 0.4) is 0 Å². The Kier molecular flexibility index (Phi) is 7.60. The van der Waals surface area contributed by atoms with Crippen molar-refractivity contribution < 1.29 is 18.7 Å². The molecule has 26 heavy (non-hydrogen) atoms. The normalized spacial score (nSPS) is 11.7. The summed E-state index contributed by atoms with van der Waals surface area (Å²) in [4.78, 5) is 12.1. The maximum absolute atomic E-state index is 13.7. The van der Waals surface area contributed by atoms with Gasteiger partial charge in [0, 0.05) is 16.3 Å². The van der Waals surface area contributed by atoms with E-state index in [2.05, 4.69) is 5.32 Å². The largest absolute Gasteiger partial charge is 0.493 e. The summed E-state index contributed by atoms with van der Waals surface area (Å²) in [6.07, 6.45) is 0. The van der Waals surface area contributed by atoms with E-state index >= 15 is 0 Å². The minimum atomic E-state index is -0.357. The molecular formula is C19H21ClFNO3S. The molecule has 0 saturated carbocycles. The fourth-order valence-corrected chi connectivity index (χ4v) is 3.58. The highest BCUT2D eigenvalue weighted by Crippen LogP contribution is 2.30. The van der Waals surface area contributed by atoms with Gasteiger partial charge in [-0.25, -0.2) is 4.39 Å². The van der Waals surface area contributed by atoms with Crippen molar-refractivity contribution >= 4 is 29.3 Å². The SMILES string of the molecule is COc1ccc([C@H](C)NC(=O)CSCc2c(F)cccc2Cl)cc1OC. The lowest BCUT2D eigenvalue weighted by atomic mass is 10.1. The number of carbonyl (C=O) groups excluding carboxylic acids is 1. The van der Waals surface area contributed by atoms with Crippen molar-refractivity contribution in [3.05, 3.63) is 58.4 Å². The third-order valence-electron chi connectivity index (χ3n) is 3.83. The first-order chi connectivity index (χ1) is 12.5. The molecule has 0 heterocycles. The zero-order valence-corrected chi connectivity index (χ0v) is 16.4. The number of benzene rings is 2. The van der Waals surface area contributed by atoms with Crippen LogP contribution >= 0.6 is 23.4 Å². The van der Waals surface area contributed by atoms with Gasteiger partial charge in [-0.3, -0.25) is 4.79 Å². The van der Waals surface area contributed by atoms with Gasteiger partial charge in [0.05, 0.1) is 26.0 Å². The van der Waals surface area contributed by atoms with Crippen LogP contribution in [0, 0.1) is 5.82 Å². The Morgan fingerprint density at radius 3 is 2.62 bits per heavy atom. The van der Waals surface area contributed by atoms with Crippen LogP contribution in [0.2, 0.25) is 5.02 Å². The Labute approximate surface area is 162 Å². The number of hydrogen-bond donors (Lipinski definition) is 1. The molecule has 0 unspecified atom stereocenters. The van der Waals surface area contributed by atoms with Gasteiger partial charge in [-0.1, -0.05) is 23.7 Å². The molecule has 0 spiro atoms. The summed E-state index contributed by atoms with van der Waals surface area (Å²) in [5.41, 5.74) is 1.32. The van der Waals surface area contributed by atoms with Crippen LogP contribution in [-0.4, -0.2) is 25.9 Å². The van der Waals surface area contributed by atoms with Crippen molar-refractivity contribution in [2.24, 2.45) is 0 Å². The van der Waals surface area contributed by atoms with Crippen LogP contribution in [0.5, 0.6) is 11.5 Å². The Balaban J connectivity index is 1.89. The highest BCUT2D eigenvalue weighted by molar-refractivity contribution is 7.99. The van der Waals surface area contributed by atoms with Crippen LogP contribution in [0.25, 0.3) is 0 Å².